The lowest BCUT2D eigenvalue weighted by atomic mass is 19.0. The summed E-state index contributed by atoms with van der Waals surface area (Å²) in [6, 6.07) is 0. The molecule has 0 aliphatic rings. The summed E-state index contributed by atoms with van der Waals surface area (Å²) in [6.45, 7) is 0. The topological polar surface area (TPSA) is 0 Å². The van der Waals surface area contributed by atoms with Gasteiger partial charge in [0.25, 0.3) is 0 Å². The molecule has 0 aliphatic heterocycles. The fourth-order valence-electron chi connectivity index (χ4n) is 0. The number of hydrogen-bond donors (Lipinski definition) is 0. The summed E-state index contributed by atoms with van der Waals surface area (Å²) in [4.78, 5) is 0. The molecule has 0 bridgehead atoms. The monoisotopic (exact) mass is 144 g/mol. The third kappa shape index (κ3) is 1000. The van der Waals surface area contributed by atoms with Gasteiger partial charge in [-0.1, -0.05) is 0 Å². The Bertz CT molecular complexity index is 4.14. The molecule has 0 saturated carbocycles. The molecule has 7 heavy (non-hydrogen) atoms. The lowest BCUT2D eigenvalue weighted by Gasteiger charge is -0.270. The van der Waals surface area contributed by atoms with Crippen molar-refractivity contribution in [1.82, 2.24) is 0 Å². The molecule has 0 saturated heterocycles. The summed E-state index contributed by atoms with van der Waals surface area (Å²) in [6.07, 6.45) is 0. The van der Waals surface area contributed by atoms with Crippen molar-refractivity contribution in [2.75, 3.05) is 0 Å². The molecular formula is H6F6Mg. The van der Waals surface area contributed by atoms with E-state index in [0.29, 0.717) is 0 Å². The van der Waals surface area contributed by atoms with Gasteiger partial charge in [0.2, 0.25) is 0 Å². The Hall–Kier alpha value is 0.346. The van der Waals surface area contributed by atoms with Gasteiger partial charge < -0.3 is 0 Å². The van der Waals surface area contributed by atoms with Gasteiger partial charge in [-0.25, -0.2) is 0 Å². The van der Waals surface area contributed by atoms with Crippen LogP contribution in [0.3, 0.4) is 0 Å². The number of hydrogen-bond acceptors (Lipinski definition) is 0. The van der Waals surface area contributed by atoms with Crippen LogP contribution in [0.15, 0.2) is 0 Å². The third-order valence-electron chi connectivity index (χ3n) is 0. The molecule has 0 N–H and O–H groups in total. The first-order chi connectivity index (χ1) is 0. The van der Waals surface area contributed by atoms with Crippen LogP contribution in [-0.2, 0) is 0 Å². The van der Waals surface area contributed by atoms with Crippen molar-refractivity contribution in [3.05, 3.63) is 0 Å². The molecule has 0 nitrogen and oxygen atoms in total. The highest BCUT2D eigenvalue weighted by Crippen LogP contribution is 0.425. The minimum atomic E-state index is 0. The van der Waals surface area contributed by atoms with Gasteiger partial charge in [0.05, 0.1) is 0 Å². The maximum absolute atomic E-state index is 0. The van der Waals surface area contributed by atoms with E-state index in [4.69, 9.17) is 0 Å². The maximum Gasteiger partial charge on any atom is 0 e. The molecular weight excluding hydrogens is 138 g/mol. The van der Waals surface area contributed by atoms with Crippen LogP contribution in [0.25, 0.3) is 0 Å². The van der Waals surface area contributed by atoms with Crippen LogP contribution < -0.4 is 0 Å². The molecule has 0 aromatic carbocycles. The lowest BCUT2D eigenvalue weighted by molar-refractivity contribution is 1.11. The Morgan fingerprint density at radius 2 is 0.286 bits per heavy atom. The van der Waals surface area contributed by atoms with Crippen LogP contribution in [0.1, 0.15) is 0 Å². The van der Waals surface area contributed by atoms with Crippen molar-refractivity contribution in [3.63, 3.8) is 0 Å². The fraction of sp³-hybridized carbons (Fsp3) is 0. The predicted octanol–water partition coefficient (Wildman–Crippen LogP) is 0.534. The van der Waals surface area contributed by atoms with Gasteiger partial charge in [-0.15, -0.1) is 0 Å². The van der Waals surface area contributed by atoms with Crippen LogP contribution >= 0.6 is 0 Å². The molecule has 0 spiro atoms. The predicted molar refractivity (Wildman–Crippen MR) is 20.8 cm³/mol. The summed E-state index contributed by atoms with van der Waals surface area (Å²) in [5.74, 6) is 0. The van der Waals surface area contributed by atoms with Gasteiger partial charge in [0.15, 0.2) is 0 Å². The first-order valence-corrected chi connectivity index (χ1v) is 0. The van der Waals surface area contributed by atoms with Gasteiger partial charge in [0.1, 0.15) is 0 Å². The van der Waals surface area contributed by atoms with E-state index in [2.05, 4.69) is 0 Å². The molecule has 0 aliphatic carbocycles. The summed E-state index contributed by atoms with van der Waals surface area (Å²) in [5.41, 5.74) is 0. The van der Waals surface area contributed by atoms with Crippen molar-refractivity contribution in [1.29, 1.82) is 0 Å². The minimum absolute atomic E-state index is 0. The molecule has 0 unspecified atom stereocenters. The molecule has 0 fully saturated rings. The summed E-state index contributed by atoms with van der Waals surface area (Å²) in [5, 5.41) is 0. The fourth-order valence-corrected chi connectivity index (χ4v) is 0. The highest BCUT2D eigenvalue weighted by Gasteiger charge is 0.0000227. The van der Waals surface area contributed by atoms with Gasteiger partial charge in [-0.2, -0.15) is 0 Å². The molecule has 7 heteroatoms. The second kappa shape index (κ2) is 1510. The van der Waals surface area contributed by atoms with Crippen LogP contribution in [0.5, 0.6) is 0 Å². The molecule has 2 radical (unpaired) electrons. The lowest BCUT2D eigenvalue weighted by Crippen LogP contribution is -0.381. The quantitative estimate of drug-likeness (QED) is 0.344. The van der Waals surface area contributed by atoms with E-state index in [-0.39, 0.29) is 51.3 Å². The van der Waals surface area contributed by atoms with E-state index < -0.39 is 0 Å². The van der Waals surface area contributed by atoms with Crippen molar-refractivity contribution in [2.45, 2.75) is 0 Å². The zero-order valence-corrected chi connectivity index (χ0v) is 4.57. The first-order valence-electron chi connectivity index (χ1n) is 0. The second-order valence-electron chi connectivity index (χ2n) is 0. The van der Waals surface area contributed by atoms with E-state index >= 15 is 0 Å². The van der Waals surface area contributed by atoms with E-state index in [9.17, 15) is 0 Å². The Labute approximate surface area is 52.0 Å². The van der Waals surface area contributed by atoms with Crippen molar-refractivity contribution in [2.24, 2.45) is 0 Å². The molecule has 0 aromatic heterocycles. The van der Waals surface area contributed by atoms with Crippen molar-refractivity contribution in [3.8, 4) is 0 Å². The molecule has 0 heterocycles. The molecule has 0 amide bonds. The summed E-state index contributed by atoms with van der Waals surface area (Å²) < 4.78 is 0. The molecule has 0 aromatic rings. The van der Waals surface area contributed by atoms with Gasteiger partial charge in [0, 0.05) is 23.1 Å². The van der Waals surface area contributed by atoms with Gasteiger partial charge in [-0.3, -0.25) is 28.2 Å². The number of halogens is 6. The van der Waals surface area contributed by atoms with E-state index in [1.54, 1.807) is 0 Å². The van der Waals surface area contributed by atoms with E-state index in [1.165, 1.54) is 0 Å². The van der Waals surface area contributed by atoms with Crippen molar-refractivity contribution >= 4 is 23.1 Å². The second-order valence-corrected chi connectivity index (χ2v) is 0. The largest absolute Gasteiger partial charge is 0.269 e. The summed E-state index contributed by atoms with van der Waals surface area (Å²) in [7, 11) is 0. The van der Waals surface area contributed by atoms with Crippen LogP contribution in [0, 0.1) is 0 Å². The average Bonchev–Trinajstić information content (AvgIpc) is 0. The standard InChI is InChI=1S/6FH.Mg/h6*1H;. The number of rotatable bonds is 0. The van der Waals surface area contributed by atoms with Gasteiger partial charge >= 0.3 is 0 Å². The highest BCUT2D eigenvalue weighted by molar-refractivity contribution is 5.75. The van der Waals surface area contributed by atoms with Crippen molar-refractivity contribution < 1.29 is 28.2 Å². The van der Waals surface area contributed by atoms with E-state index in [0.717, 1.165) is 0 Å². The van der Waals surface area contributed by atoms with E-state index in [1.807, 2.05) is 0 Å². The van der Waals surface area contributed by atoms with Crippen LogP contribution in [-0.4, -0.2) is 23.1 Å². The Morgan fingerprint density at radius 3 is 0.286 bits per heavy atom. The molecule has 0 rings (SSSR count). The van der Waals surface area contributed by atoms with Crippen LogP contribution in [0.4, 0.5) is 28.2 Å². The Morgan fingerprint density at radius 1 is 0.286 bits per heavy atom. The first kappa shape index (κ1) is 2470. The average molecular weight is 144 g/mol. The van der Waals surface area contributed by atoms with Crippen LogP contribution in [0.2, 0.25) is 0 Å². The Balaban J connectivity index is 0. The SMILES string of the molecule is F.F.F.F.F.F.[Mg]. The molecule has 0 atom stereocenters. The Kier molecular flexibility index (Phi) is 533000. The zero-order chi connectivity index (χ0) is 0. The normalized spacial score (nSPS) is 0. The minimum Gasteiger partial charge on any atom is -0.269 e. The van der Waals surface area contributed by atoms with Gasteiger partial charge in [-0.05, 0) is 0 Å². The smallest absolute Gasteiger partial charge is 0 e. The summed E-state index contributed by atoms with van der Waals surface area (Å²) >= 11 is 0. The zero-order valence-electron chi connectivity index (χ0n) is 3.16. The maximum atomic E-state index is 0. The third-order valence-corrected chi connectivity index (χ3v) is 0. The molecule has 50 valence electrons. The highest BCUT2D eigenvalue weighted by atomic mass is 24.3.